The number of nitrogens with zero attached hydrogens (tertiary/aromatic N) is 2. The first-order valence-electron chi connectivity index (χ1n) is 15.7. The number of halogens is 2. The lowest BCUT2D eigenvalue weighted by Crippen LogP contribution is -2.29. The molecule has 1 amide bonds. The van der Waals surface area contributed by atoms with E-state index in [-0.39, 0.29) is 18.4 Å². The second-order valence-electron chi connectivity index (χ2n) is 11.9. The van der Waals surface area contributed by atoms with Crippen LogP contribution in [0, 0.1) is 5.82 Å². The maximum atomic E-state index is 15.7. The van der Waals surface area contributed by atoms with Gasteiger partial charge in [-0.3, -0.25) is 4.79 Å². The maximum Gasteiger partial charge on any atom is 0.338 e. The van der Waals surface area contributed by atoms with Crippen molar-refractivity contribution in [2.75, 3.05) is 11.4 Å². The van der Waals surface area contributed by atoms with Gasteiger partial charge in [-0.25, -0.2) is 14.2 Å². The van der Waals surface area contributed by atoms with E-state index < -0.39 is 17.9 Å². The highest BCUT2D eigenvalue weighted by molar-refractivity contribution is 6.30. The number of carbonyl (C=O) groups excluding carboxylic acids is 2. The van der Waals surface area contributed by atoms with E-state index in [1.807, 2.05) is 42.5 Å². The molecule has 1 aliphatic heterocycles. The summed E-state index contributed by atoms with van der Waals surface area (Å²) in [6.45, 7) is 0.861. The maximum absolute atomic E-state index is 15.7. The standard InChI is InChI=1S/C37H33ClFN3O4/c38-26-10-7-23(8-11-26)29-14-12-27(42-17-3-6-36(42)43)18-25(29)21-45-28-13-15-30(32(39)20-28)31-4-1-2-5-35(31)46-37(44)24-9-16-33-34(19-24)41-22-40-33/h7-16,18-20,22,31,35H,1-6,17,21H2,(H,40,41). The number of anilines is 1. The van der Waals surface area contributed by atoms with E-state index in [4.69, 9.17) is 21.1 Å². The van der Waals surface area contributed by atoms with Gasteiger partial charge in [-0.15, -0.1) is 0 Å². The Hall–Kier alpha value is -4.69. The number of esters is 1. The van der Waals surface area contributed by atoms with Crippen molar-refractivity contribution in [2.45, 2.75) is 57.2 Å². The monoisotopic (exact) mass is 637 g/mol. The molecule has 5 aromatic rings. The molecule has 46 heavy (non-hydrogen) atoms. The number of amides is 1. The molecule has 1 saturated heterocycles. The fourth-order valence-electron chi connectivity index (χ4n) is 6.62. The lowest BCUT2D eigenvalue weighted by Gasteiger charge is -2.31. The van der Waals surface area contributed by atoms with E-state index in [0.717, 1.165) is 59.1 Å². The van der Waals surface area contributed by atoms with Crippen LogP contribution >= 0.6 is 11.6 Å². The molecule has 0 radical (unpaired) electrons. The molecule has 4 aromatic carbocycles. The lowest BCUT2D eigenvalue weighted by atomic mass is 9.81. The SMILES string of the molecule is O=C(OC1CCCCC1c1ccc(OCc2cc(N3CCCC3=O)ccc2-c2ccc(Cl)cc2)cc1F)c1ccc2nc[nH]c2c1. The molecular weight excluding hydrogens is 605 g/mol. The number of imidazole rings is 1. The first-order valence-corrected chi connectivity index (χ1v) is 16.1. The number of nitrogens with one attached hydrogen (secondary N) is 1. The van der Waals surface area contributed by atoms with E-state index in [9.17, 15) is 9.59 Å². The minimum absolute atomic E-state index is 0.106. The Kier molecular flexibility index (Phi) is 8.45. The molecule has 2 atom stereocenters. The molecule has 1 aliphatic carbocycles. The van der Waals surface area contributed by atoms with E-state index in [2.05, 4.69) is 9.97 Å². The second-order valence-corrected chi connectivity index (χ2v) is 12.4. The predicted molar refractivity (Wildman–Crippen MR) is 176 cm³/mol. The fourth-order valence-corrected chi connectivity index (χ4v) is 6.75. The van der Waals surface area contributed by atoms with Gasteiger partial charge in [0.2, 0.25) is 5.91 Å². The summed E-state index contributed by atoms with van der Waals surface area (Å²) in [5, 5.41) is 0.641. The molecule has 0 bridgehead atoms. The highest BCUT2D eigenvalue weighted by Crippen LogP contribution is 2.38. The van der Waals surface area contributed by atoms with Crippen LogP contribution in [0.25, 0.3) is 22.2 Å². The molecule has 2 heterocycles. The van der Waals surface area contributed by atoms with Crippen LogP contribution in [0.5, 0.6) is 5.75 Å². The molecule has 1 saturated carbocycles. The molecule has 9 heteroatoms. The summed E-state index contributed by atoms with van der Waals surface area (Å²) in [6.07, 6.45) is 5.76. The number of aromatic nitrogens is 2. The lowest BCUT2D eigenvalue weighted by molar-refractivity contribution is -0.117. The second kappa shape index (κ2) is 13.0. The Bertz CT molecular complexity index is 1910. The van der Waals surface area contributed by atoms with E-state index in [1.165, 1.54) is 6.07 Å². The summed E-state index contributed by atoms with van der Waals surface area (Å²) < 4.78 is 27.9. The van der Waals surface area contributed by atoms with Gasteiger partial charge in [0.05, 0.1) is 22.9 Å². The number of H-pyrrole nitrogens is 1. The molecule has 7 nitrogen and oxygen atoms in total. The fraction of sp³-hybridized carbons (Fsp3) is 0.270. The van der Waals surface area contributed by atoms with Gasteiger partial charge in [0.1, 0.15) is 24.3 Å². The topological polar surface area (TPSA) is 84.5 Å². The van der Waals surface area contributed by atoms with Crippen LogP contribution in [0.1, 0.15) is 65.9 Å². The van der Waals surface area contributed by atoms with Gasteiger partial charge < -0.3 is 19.4 Å². The summed E-state index contributed by atoms with van der Waals surface area (Å²) in [6, 6.07) is 23.6. The quantitative estimate of drug-likeness (QED) is 0.172. The zero-order valence-corrected chi connectivity index (χ0v) is 25.9. The summed E-state index contributed by atoms with van der Waals surface area (Å²) in [5.74, 6) is -0.576. The summed E-state index contributed by atoms with van der Waals surface area (Å²) in [5.41, 5.74) is 6.08. The minimum Gasteiger partial charge on any atom is -0.489 e. The number of fused-ring (bicyclic) bond motifs is 1. The average molecular weight is 638 g/mol. The highest BCUT2D eigenvalue weighted by atomic mass is 35.5. The number of rotatable bonds is 8. The summed E-state index contributed by atoms with van der Waals surface area (Å²) >= 11 is 6.14. The molecule has 2 fully saturated rings. The van der Waals surface area contributed by atoms with Crippen molar-refractivity contribution in [1.82, 2.24) is 9.97 Å². The number of hydrogen-bond donors (Lipinski definition) is 1. The zero-order valence-electron chi connectivity index (χ0n) is 25.2. The zero-order chi connectivity index (χ0) is 31.6. The van der Waals surface area contributed by atoms with Gasteiger partial charge in [-0.05, 0) is 96.5 Å². The number of hydrogen-bond acceptors (Lipinski definition) is 5. The van der Waals surface area contributed by atoms with Crippen molar-refractivity contribution in [2.24, 2.45) is 0 Å². The van der Waals surface area contributed by atoms with E-state index in [0.29, 0.717) is 41.3 Å². The van der Waals surface area contributed by atoms with Crippen LogP contribution in [-0.4, -0.2) is 34.5 Å². The third kappa shape index (κ3) is 6.22. The Morgan fingerprint density at radius 3 is 2.63 bits per heavy atom. The Labute approximate surface area is 271 Å². The highest BCUT2D eigenvalue weighted by Gasteiger charge is 2.32. The van der Waals surface area contributed by atoms with E-state index >= 15 is 4.39 Å². The first kappa shape index (κ1) is 30.0. The van der Waals surface area contributed by atoms with Gasteiger partial charge in [-0.2, -0.15) is 0 Å². The number of carbonyl (C=O) groups is 2. The van der Waals surface area contributed by atoms with E-state index in [1.54, 1.807) is 41.6 Å². The third-order valence-electron chi connectivity index (χ3n) is 9.01. The van der Waals surface area contributed by atoms with Crippen LogP contribution in [0.3, 0.4) is 0 Å². The van der Waals surface area contributed by atoms with Crippen molar-refractivity contribution >= 4 is 40.2 Å². The molecular formula is C37H33ClFN3O4. The van der Waals surface area contributed by atoms with Crippen molar-refractivity contribution in [3.05, 3.63) is 113 Å². The van der Waals surface area contributed by atoms with Gasteiger partial charge >= 0.3 is 5.97 Å². The van der Waals surface area contributed by atoms with Gasteiger partial charge in [-0.1, -0.05) is 42.3 Å². The van der Waals surface area contributed by atoms with Crippen molar-refractivity contribution < 1.29 is 23.5 Å². The van der Waals surface area contributed by atoms with Crippen LogP contribution in [0.4, 0.5) is 10.1 Å². The molecule has 0 spiro atoms. The molecule has 2 unspecified atom stereocenters. The van der Waals surface area contributed by atoms with Gasteiger partial charge in [0.15, 0.2) is 0 Å². The first-order chi connectivity index (χ1) is 22.4. The molecule has 1 aromatic heterocycles. The number of aromatic amines is 1. The van der Waals surface area contributed by atoms with Crippen LogP contribution < -0.4 is 9.64 Å². The number of benzene rings is 4. The Balaban J connectivity index is 1.09. The van der Waals surface area contributed by atoms with Crippen molar-refractivity contribution in [3.8, 4) is 16.9 Å². The smallest absolute Gasteiger partial charge is 0.338 e. The normalized spacial score (nSPS) is 18.2. The van der Waals surface area contributed by atoms with Crippen LogP contribution in [-0.2, 0) is 16.1 Å². The van der Waals surface area contributed by atoms with Crippen LogP contribution in [0.15, 0.2) is 85.2 Å². The molecule has 7 rings (SSSR count). The van der Waals surface area contributed by atoms with Crippen molar-refractivity contribution in [1.29, 1.82) is 0 Å². The van der Waals surface area contributed by atoms with Gasteiger partial charge in [0.25, 0.3) is 0 Å². The average Bonchev–Trinajstić information content (AvgIpc) is 3.73. The molecule has 234 valence electrons. The Morgan fingerprint density at radius 1 is 0.978 bits per heavy atom. The van der Waals surface area contributed by atoms with Gasteiger partial charge in [0, 0.05) is 35.7 Å². The Morgan fingerprint density at radius 2 is 1.83 bits per heavy atom. The van der Waals surface area contributed by atoms with Crippen molar-refractivity contribution in [3.63, 3.8) is 0 Å². The number of ether oxygens (including phenoxy) is 2. The minimum atomic E-state index is -0.432. The van der Waals surface area contributed by atoms with Crippen LogP contribution in [0.2, 0.25) is 5.02 Å². The molecule has 2 aliphatic rings. The predicted octanol–water partition coefficient (Wildman–Crippen LogP) is 8.61. The largest absolute Gasteiger partial charge is 0.489 e. The third-order valence-corrected chi connectivity index (χ3v) is 9.26. The summed E-state index contributed by atoms with van der Waals surface area (Å²) in [4.78, 5) is 34.6. The summed E-state index contributed by atoms with van der Waals surface area (Å²) in [7, 11) is 0. The molecule has 1 N–H and O–H groups in total.